The Hall–Kier alpha value is -2.53. The van der Waals surface area contributed by atoms with Gasteiger partial charge in [-0.05, 0) is 50.1 Å². The molecular weight excluding hydrogens is 328 g/mol. The van der Waals surface area contributed by atoms with Crippen molar-refractivity contribution in [3.63, 3.8) is 0 Å². The molecule has 1 amide bonds. The monoisotopic (exact) mass is 354 g/mol. The van der Waals surface area contributed by atoms with E-state index in [1.165, 1.54) is 0 Å². The second kappa shape index (κ2) is 8.23. The maximum absolute atomic E-state index is 12.5. The highest BCUT2D eigenvalue weighted by atomic mass is 16.5. The van der Waals surface area contributed by atoms with Crippen LogP contribution in [-0.4, -0.2) is 38.1 Å². The van der Waals surface area contributed by atoms with Gasteiger partial charge in [0, 0.05) is 23.4 Å². The number of rotatable bonds is 6. The van der Waals surface area contributed by atoms with E-state index in [4.69, 9.17) is 9.47 Å². The molecule has 1 heterocycles. The molecule has 5 nitrogen and oxygen atoms in total. The molecule has 1 aliphatic heterocycles. The van der Waals surface area contributed by atoms with Gasteiger partial charge < -0.3 is 14.8 Å². The lowest BCUT2D eigenvalue weighted by Crippen LogP contribution is -2.33. The van der Waals surface area contributed by atoms with Crippen LogP contribution in [0.5, 0.6) is 11.5 Å². The first-order chi connectivity index (χ1) is 12.6. The highest BCUT2D eigenvalue weighted by Crippen LogP contribution is 2.38. The SMILES string of the molecule is COc1ccc([C@@H]2CCCN2CC(=O)Nc2cccc(C)c2)c(OC)c1. The van der Waals surface area contributed by atoms with Crippen LogP contribution < -0.4 is 14.8 Å². The Bertz CT molecular complexity index is 776. The van der Waals surface area contributed by atoms with Crippen molar-refractivity contribution in [1.82, 2.24) is 4.90 Å². The largest absolute Gasteiger partial charge is 0.497 e. The van der Waals surface area contributed by atoms with Gasteiger partial charge in [-0.15, -0.1) is 0 Å². The first-order valence-electron chi connectivity index (χ1n) is 8.93. The number of amides is 1. The summed E-state index contributed by atoms with van der Waals surface area (Å²) >= 11 is 0. The van der Waals surface area contributed by atoms with Crippen molar-refractivity contribution in [2.45, 2.75) is 25.8 Å². The molecule has 0 bridgehead atoms. The fourth-order valence-corrected chi connectivity index (χ4v) is 3.57. The molecule has 2 aromatic rings. The molecule has 0 aromatic heterocycles. The molecule has 0 radical (unpaired) electrons. The topological polar surface area (TPSA) is 50.8 Å². The number of carbonyl (C=O) groups is 1. The fraction of sp³-hybridized carbons (Fsp3) is 0.381. The summed E-state index contributed by atoms with van der Waals surface area (Å²) in [7, 11) is 3.31. The average molecular weight is 354 g/mol. The molecule has 2 aromatic carbocycles. The Morgan fingerprint density at radius 2 is 2.04 bits per heavy atom. The van der Waals surface area contributed by atoms with Gasteiger partial charge in [0.15, 0.2) is 0 Å². The summed E-state index contributed by atoms with van der Waals surface area (Å²) in [5.41, 5.74) is 3.08. The van der Waals surface area contributed by atoms with Gasteiger partial charge >= 0.3 is 0 Å². The van der Waals surface area contributed by atoms with Crippen LogP contribution in [0.15, 0.2) is 42.5 Å². The normalized spacial score (nSPS) is 17.1. The number of likely N-dealkylation sites (tertiary alicyclic amines) is 1. The van der Waals surface area contributed by atoms with Crippen molar-refractivity contribution in [2.75, 3.05) is 32.6 Å². The number of nitrogens with zero attached hydrogens (tertiary/aromatic N) is 1. The summed E-state index contributed by atoms with van der Waals surface area (Å²) in [5.74, 6) is 1.59. The molecule has 0 spiro atoms. The molecule has 1 saturated heterocycles. The highest BCUT2D eigenvalue weighted by Gasteiger charge is 2.29. The van der Waals surface area contributed by atoms with Crippen molar-refractivity contribution in [3.8, 4) is 11.5 Å². The predicted molar refractivity (Wildman–Crippen MR) is 103 cm³/mol. The number of hydrogen-bond donors (Lipinski definition) is 1. The smallest absolute Gasteiger partial charge is 0.238 e. The summed E-state index contributed by atoms with van der Waals surface area (Å²) in [5, 5.41) is 3.00. The minimum absolute atomic E-state index is 0.00924. The van der Waals surface area contributed by atoms with Crippen LogP contribution >= 0.6 is 0 Å². The molecule has 26 heavy (non-hydrogen) atoms. The van der Waals surface area contributed by atoms with E-state index in [1.807, 2.05) is 49.4 Å². The predicted octanol–water partition coefficient (Wildman–Crippen LogP) is 3.79. The minimum Gasteiger partial charge on any atom is -0.497 e. The number of aryl methyl sites for hydroxylation is 1. The van der Waals surface area contributed by atoms with Crippen molar-refractivity contribution < 1.29 is 14.3 Å². The van der Waals surface area contributed by atoms with Crippen LogP contribution in [0.2, 0.25) is 0 Å². The summed E-state index contributed by atoms with van der Waals surface area (Å²) < 4.78 is 10.8. The van der Waals surface area contributed by atoms with E-state index in [1.54, 1.807) is 14.2 Å². The summed E-state index contributed by atoms with van der Waals surface area (Å²) in [6.45, 7) is 3.29. The molecular formula is C21H26N2O3. The van der Waals surface area contributed by atoms with Crippen LogP contribution in [0, 0.1) is 6.92 Å². The number of carbonyl (C=O) groups excluding carboxylic acids is 1. The molecule has 0 unspecified atom stereocenters. The quantitative estimate of drug-likeness (QED) is 0.857. The Morgan fingerprint density at radius 1 is 1.19 bits per heavy atom. The third-order valence-electron chi connectivity index (χ3n) is 4.81. The first-order valence-corrected chi connectivity index (χ1v) is 8.93. The van der Waals surface area contributed by atoms with Gasteiger partial charge in [0.25, 0.3) is 0 Å². The van der Waals surface area contributed by atoms with E-state index in [9.17, 15) is 4.79 Å². The Kier molecular flexibility index (Phi) is 5.78. The van der Waals surface area contributed by atoms with E-state index >= 15 is 0 Å². The molecule has 1 atom stereocenters. The third-order valence-corrected chi connectivity index (χ3v) is 4.81. The van der Waals surface area contributed by atoms with Gasteiger partial charge in [0.2, 0.25) is 5.91 Å². The highest BCUT2D eigenvalue weighted by molar-refractivity contribution is 5.92. The van der Waals surface area contributed by atoms with Crippen LogP contribution in [0.25, 0.3) is 0 Å². The second-order valence-electron chi connectivity index (χ2n) is 6.65. The molecule has 0 saturated carbocycles. The molecule has 1 aliphatic rings. The van der Waals surface area contributed by atoms with E-state index in [0.29, 0.717) is 6.54 Å². The van der Waals surface area contributed by atoms with Gasteiger partial charge in [-0.3, -0.25) is 9.69 Å². The molecule has 1 N–H and O–H groups in total. The van der Waals surface area contributed by atoms with E-state index in [0.717, 1.165) is 47.7 Å². The van der Waals surface area contributed by atoms with Gasteiger partial charge in [-0.25, -0.2) is 0 Å². The van der Waals surface area contributed by atoms with Gasteiger partial charge in [-0.2, -0.15) is 0 Å². The number of methoxy groups -OCH3 is 2. The minimum atomic E-state index is 0.00924. The Morgan fingerprint density at radius 3 is 2.77 bits per heavy atom. The van der Waals surface area contributed by atoms with E-state index in [2.05, 4.69) is 10.2 Å². The Labute approximate surface area is 154 Å². The number of nitrogens with one attached hydrogen (secondary N) is 1. The summed E-state index contributed by atoms with van der Waals surface area (Å²) in [6, 6.07) is 13.9. The van der Waals surface area contributed by atoms with Crippen molar-refractivity contribution in [2.24, 2.45) is 0 Å². The maximum Gasteiger partial charge on any atom is 0.238 e. The molecule has 1 fully saturated rings. The van der Waals surface area contributed by atoms with Gasteiger partial charge in [0.1, 0.15) is 11.5 Å². The fourth-order valence-electron chi connectivity index (χ4n) is 3.57. The summed E-state index contributed by atoms with van der Waals surface area (Å²) in [6.07, 6.45) is 2.08. The zero-order chi connectivity index (χ0) is 18.5. The molecule has 5 heteroatoms. The second-order valence-corrected chi connectivity index (χ2v) is 6.65. The average Bonchev–Trinajstić information content (AvgIpc) is 3.08. The van der Waals surface area contributed by atoms with Crippen LogP contribution in [0.3, 0.4) is 0 Å². The van der Waals surface area contributed by atoms with Crippen LogP contribution in [-0.2, 0) is 4.79 Å². The summed E-state index contributed by atoms with van der Waals surface area (Å²) in [4.78, 5) is 14.7. The van der Waals surface area contributed by atoms with E-state index < -0.39 is 0 Å². The van der Waals surface area contributed by atoms with Crippen molar-refractivity contribution in [3.05, 3.63) is 53.6 Å². The van der Waals surface area contributed by atoms with Gasteiger partial charge in [0.05, 0.1) is 20.8 Å². The van der Waals surface area contributed by atoms with Crippen molar-refractivity contribution >= 4 is 11.6 Å². The van der Waals surface area contributed by atoms with Gasteiger partial charge in [-0.1, -0.05) is 18.2 Å². The zero-order valence-corrected chi connectivity index (χ0v) is 15.6. The van der Waals surface area contributed by atoms with Crippen molar-refractivity contribution in [1.29, 1.82) is 0 Å². The lowest BCUT2D eigenvalue weighted by molar-refractivity contribution is -0.117. The zero-order valence-electron chi connectivity index (χ0n) is 15.6. The van der Waals surface area contributed by atoms with Crippen LogP contribution in [0.1, 0.15) is 30.0 Å². The number of ether oxygens (including phenoxy) is 2. The first kappa shape index (κ1) is 18.3. The molecule has 138 valence electrons. The molecule has 3 rings (SSSR count). The number of hydrogen-bond acceptors (Lipinski definition) is 4. The maximum atomic E-state index is 12.5. The third kappa shape index (κ3) is 4.17. The standard InChI is InChI=1S/C21H26N2O3/c1-15-6-4-7-16(12-15)22-21(24)14-23-11-5-8-19(23)18-10-9-17(25-2)13-20(18)26-3/h4,6-7,9-10,12-13,19H,5,8,11,14H2,1-3H3,(H,22,24)/t19-/m0/s1. The molecule has 0 aliphatic carbocycles. The van der Waals surface area contributed by atoms with E-state index in [-0.39, 0.29) is 11.9 Å². The Balaban J connectivity index is 1.71. The number of benzene rings is 2. The lowest BCUT2D eigenvalue weighted by Gasteiger charge is -2.26. The lowest BCUT2D eigenvalue weighted by atomic mass is 10.0. The van der Waals surface area contributed by atoms with Crippen LogP contribution in [0.4, 0.5) is 5.69 Å². The number of anilines is 1.